The van der Waals surface area contributed by atoms with E-state index in [-0.39, 0.29) is 48.5 Å². The van der Waals surface area contributed by atoms with Crippen molar-refractivity contribution in [2.45, 2.75) is 86.0 Å². The Labute approximate surface area is 422 Å². The molecule has 0 saturated carbocycles. The van der Waals surface area contributed by atoms with Gasteiger partial charge in [-0.2, -0.15) is 26.3 Å². The lowest BCUT2D eigenvalue weighted by Crippen LogP contribution is -2.45. The van der Waals surface area contributed by atoms with Crippen molar-refractivity contribution in [2.75, 3.05) is 52.4 Å². The van der Waals surface area contributed by atoms with Crippen LogP contribution in [0.2, 0.25) is 0 Å². The zero-order valence-corrected chi connectivity index (χ0v) is 42.9. The highest BCUT2D eigenvalue weighted by Crippen LogP contribution is 2.40. The smallest absolute Gasteiger partial charge is 0.445 e. The van der Waals surface area contributed by atoms with E-state index in [1.165, 1.54) is 49.3 Å². The predicted molar refractivity (Wildman–Crippen MR) is 258 cm³/mol. The van der Waals surface area contributed by atoms with Crippen molar-refractivity contribution in [1.29, 1.82) is 0 Å². The minimum absolute atomic E-state index is 0.0138. The monoisotopic (exact) mass is 1150 g/mol. The van der Waals surface area contributed by atoms with Crippen molar-refractivity contribution in [3.63, 3.8) is 0 Å². The van der Waals surface area contributed by atoms with Gasteiger partial charge in [-0.05, 0) is 75.8 Å². The number of rotatable bonds is 20. The highest BCUT2D eigenvalue weighted by molar-refractivity contribution is 14.1. The summed E-state index contributed by atoms with van der Waals surface area (Å²) >= 11 is 3.44. The number of thiazole rings is 1. The second-order valence-electron chi connectivity index (χ2n) is 15.2. The first-order chi connectivity index (χ1) is 32.5. The van der Waals surface area contributed by atoms with Crippen LogP contribution in [0.1, 0.15) is 87.3 Å². The van der Waals surface area contributed by atoms with E-state index in [9.17, 15) is 55.1 Å². The molecule has 26 heteroatoms. The van der Waals surface area contributed by atoms with E-state index in [1.807, 2.05) is 32.0 Å². The number of carboxylic acid groups (broad SMARTS) is 4. The number of carboxylic acids is 2. The van der Waals surface area contributed by atoms with E-state index in [0.29, 0.717) is 38.3 Å². The summed E-state index contributed by atoms with van der Waals surface area (Å²) in [7, 11) is 0. The molecule has 5 N–H and O–H groups in total. The SMILES string of the molecule is CC(=O)CN(CCN(CCN(C(=O)O)C(=O)O)CC(=O)O)CC(=O)O.CCCCCCCNC(=O)c1cc(C)ccc1I.Cc1ccc(-c2nc(C)sc2C(F)(F)F)cc1.Cc1nnc(C(F)(F)F)s1. The fraction of sp³-hybridized carbons (Fsp3) is 0.477. The van der Waals surface area contributed by atoms with Crippen LogP contribution in [0.25, 0.3) is 11.3 Å². The molecular formula is C44H56F6IN7O10S2. The number of amides is 3. The van der Waals surface area contributed by atoms with Gasteiger partial charge in [0.2, 0.25) is 5.01 Å². The van der Waals surface area contributed by atoms with Gasteiger partial charge in [0.1, 0.15) is 15.7 Å². The largest absolute Gasteiger partial charge is 0.480 e. The number of alkyl halides is 6. The molecule has 2 aromatic heterocycles. The lowest BCUT2D eigenvalue weighted by atomic mass is 10.1. The molecule has 4 aromatic rings. The molecule has 0 saturated heterocycles. The summed E-state index contributed by atoms with van der Waals surface area (Å²) in [4.78, 5) is 72.4. The number of aliphatic carboxylic acids is 2. The van der Waals surface area contributed by atoms with Gasteiger partial charge >= 0.3 is 36.5 Å². The first-order valence-electron chi connectivity index (χ1n) is 21.2. The molecule has 4 rings (SSSR count). The summed E-state index contributed by atoms with van der Waals surface area (Å²) in [6.45, 7) is 9.58. The van der Waals surface area contributed by atoms with Crippen molar-refractivity contribution in [1.82, 2.24) is 35.2 Å². The van der Waals surface area contributed by atoms with Gasteiger partial charge in [-0.15, -0.1) is 21.5 Å². The van der Waals surface area contributed by atoms with Crippen molar-refractivity contribution in [3.8, 4) is 11.3 Å². The Balaban J connectivity index is 0.000000485. The highest BCUT2D eigenvalue weighted by atomic mass is 127. The summed E-state index contributed by atoms with van der Waals surface area (Å²) in [5.41, 5.74) is 3.47. The zero-order chi connectivity index (χ0) is 53.4. The van der Waals surface area contributed by atoms with Crippen molar-refractivity contribution in [2.24, 2.45) is 0 Å². The Bertz CT molecular complexity index is 2290. The molecule has 0 aliphatic rings. The van der Waals surface area contributed by atoms with E-state index < -0.39 is 66.0 Å². The van der Waals surface area contributed by atoms with E-state index >= 15 is 0 Å². The first kappa shape index (κ1) is 62.7. The number of unbranched alkanes of at least 4 members (excludes halogenated alkanes) is 4. The molecule has 2 heterocycles. The number of benzene rings is 2. The van der Waals surface area contributed by atoms with Crippen LogP contribution in [0.4, 0.5) is 35.9 Å². The molecule has 0 aliphatic carbocycles. The van der Waals surface area contributed by atoms with Crippen LogP contribution in [0.15, 0.2) is 42.5 Å². The fourth-order valence-corrected chi connectivity index (χ4v) is 7.70. The Morgan fingerprint density at radius 3 is 1.70 bits per heavy atom. The molecule has 3 amide bonds. The number of aromatic nitrogens is 3. The maximum absolute atomic E-state index is 12.8. The van der Waals surface area contributed by atoms with Crippen LogP contribution in [0.5, 0.6) is 0 Å². The standard InChI is InChI=1S/C15H22INO.C13H21N3O9.C12H10F3NS.C4H3F3N2S/c1-3-4-5-6-7-10-17-15(18)13-11-12(2)8-9-14(13)16;1-9(17)6-15(8-11(20)21)3-2-14(7-10(18)19)4-5-16(12(22)23)13(24)25;1-7-3-5-9(6-4-7)10-11(12(13,14)15)17-8(2)16-10;1-2-8-9-3(10-2)4(5,6)7/h8-9,11H,3-7,10H2,1-2H3,(H,17,18);2-8H2,1H3,(H,18,19)(H,20,21)(H,22,23)(H,24,25);3-6H,1-2H3;1H3. The van der Waals surface area contributed by atoms with Gasteiger partial charge in [0, 0.05) is 41.9 Å². The minimum Gasteiger partial charge on any atom is -0.480 e. The predicted octanol–water partition coefficient (Wildman–Crippen LogP) is 9.62. The van der Waals surface area contributed by atoms with Gasteiger partial charge in [-0.1, -0.05) is 85.4 Å². The number of carbonyl (C=O) groups excluding carboxylic acids is 2. The maximum atomic E-state index is 12.8. The lowest BCUT2D eigenvalue weighted by molar-refractivity contribution is -0.140. The summed E-state index contributed by atoms with van der Waals surface area (Å²) in [6.07, 6.45) is -5.95. The highest BCUT2D eigenvalue weighted by Gasteiger charge is 2.37. The first-order valence-corrected chi connectivity index (χ1v) is 23.9. The van der Waals surface area contributed by atoms with Crippen LogP contribution >= 0.6 is 45.3 Å². The second kappa shape index (κ2) is 31.1. The van der Waals surface area contributed by atoms with Crippen LogP contribution in [-0.4, -0.2) is 138 Å². The number of aryl methyl sites for hydroxylation is 4. The van der Waals surface area contributed by atoms with Gasteiger partial charge in [0.05, 0.1) is 35.9 Å². The van der Waals surface area contributed by atoms with Gasteiger partial charge in [0.15, 0.2) is 0 Å². The molecule has 0 unspecified atom stereocenters. The summed E-state index contributed by atoms with van der Waals surface area (Å²) < 4.78 is 74.5. The Morgan fingerprint density at radius 1 is 0.671 bits per heavy atom. The second-order valence-corrected chi connectivity index (χ2v) is 18.8. The molecule has 2 aromatic carbocycles. The number of hydrogen-bond donors (Lipinski definition) is 5. The number of Topliss-reactive ketones (excluding diaryl/α,β-unsaturated/α-hetero) is 1. The molecule has 0 spiro atoms. The lowest BCUT2D eigenvalue weighted by Gasteiger charge is -2.26. The number of halogens is 7. The Hall–Kier alpha value is -5.32. The van der Waals surface area contributed by atoms with Crippen LogP contribution in [0, 0.1) is 31.3 Å². The summed E-state index contributed by atoms with van der Waals surface area (Å²) in [5.74, 6) is -2.59. The Morgan fingerprint density at radius 2 is 1.21 bits per heavy atom. The number of carbonyl (C=O) groups is 6. The zero-order valence-electron chi connectivity index (χ0n) is 39.1. The number of nitrogens with one attached hydrogen (secondary N) is 1. The summed E-state index contributed by atoms with van der Waals surface area (Å²) in [6, 6.07) is 12.9. The molecule has 17 nitrogen and oxygen atoms in total. The van der Waals surface area contributed by atoms with Crippen molar-refractivity contribution >= 4 is 81.1 Å². The number of imide groups is 1. The maximum Gasteiger partial charge on any atom is 0.445 e. The molecule has 0 bridgehead atoms. The van der Waals surface area contributed by atoms with Crippen molar-refractivity contribution in [3.05, 3.63) is 82.6 Å². The average molecular weight is 1150 g/mol. The number of nitrogens with zero attached hydrogens (tertiary/aromatic N) is 6. The van der Waals surface area contributed by atoms with Gasteiger partial charge in [-0.3, -0.25) is 29.0 Å². The molecule has 0 atom stereocenters. The third-order valence-corrected chi connectivity index (χ3v) is 11.9. The number of hydrogen-bond acceptors (Lipinski definition) is 13. The van der Waals surface area contributed by atoms with Crippen LogP contribution < -0.4 is 5.32 Å². The van der Waals surface area contributed by atoms with E-state index in [0.717, 1.165) is 33.2 Å². The van der Waals surface area contributed by atoms with Crippen LogP contribution in [-0.2, 0) is 26.7 Å². The number of ketones is 1. The fourth-order valence-electron chi connectivity index (χ4n) is 5.75. The van der Waals surface area contributed by atoms with E-state index in [4.69, 9.17) is 20.4 Å². The molecule has 388 valence electrons. The van der Waals surface area contributed by atoms with Crippen LogP contribution in [0.3, 0.4) is 0 Å². The third kappa shape index (κ3) is 25.5. The molecule has 0 fully saturated rings. The average Bonchev–Trinajstić information content (AvgIpc) is 3.88. The normalized spacial score (nSPS) is 11.1. The van der Waals surface area contributed by atoms with E-state index in [1.54, 1.807) is 31.2 Å². The third-order valence-electron chi connectivity index (χ3n) is 9.02. The topological polar surface area (TPSA) is 244 Å². The summed E-state index contributed by atoms with van der Waals surface area (Å²) in [5, 5.41) is 44.2. The molecular weight excluding hydrogens is 1090 g/mol. The molecule has 0 radical (unpaired) electrons. The minimum atomic E-state index is -4.34. The quantitative estimate of drug-likeness (QED) is 0.0314. The van der Waals surface area contributed by atoms with Gasteiger partial charge < -0.3 is 25.7 Å². The van der Waals surface area contributed by atoms with Gasteiger partial charge in [-0.25, -0.2) is 19.5 Å². The molecule has 70 heavy (non-hydrogen) atoms. The molecule has 0 aliphatic heterocycles. The van der Waals surface area contributed by atoms with E-state index in [2.05, 4.69) is 50.0 Å². The van der Waals surface area contributed by atoms with Gasteiger partial charge in [0.25, 0.3) is 5.91 Å². The van der Waals surface area contributed by atoms with Crippen molar-refractivity contribution < 1.29 is 75.5 Å². The Kier molecular flexibility index (Phi) is 27.9.